The first kappa shape index (κ1) is 19.5. The number of alkyl halides is 1. The average molecular weight is 436 g/mol. The van der Waals surface area contributed by atoms with Crippen molar-refractivity contribution in [3.05, 3.63) is 52.2 Å². The number of carbonyl (C=O) groups is 1. The standard InChI is InChI=1S/C23H25FN6O2/c1-27-23(32)29-6-4-17(9-20(29)26-27)30-13-16-8-18(16)19-7-15(11-25-21(19)30)22(31)28-5-2-3-14(10-24)12-28/h4,6-7,9,11,14,16,18H,2-3,5,8,10,12-13H2,1H3/t14-,16?,18?/m1/s1. The van der Waals surface area contributed by atoms with Crippen LogP contribution in [0.4, 0.5) is 15.9 Å². The minimum absolute atomic E-state index is 0.0537. The van der Waals surface area contributed by atoms with Crippen molar-refractivity contribution in [2.24, 2.45) is 18.9 Å². The third-order valence-electron chi connectivity index (χ3n) is 7.13. The summed E-state index contributed by atoms with van der Waals surface area (Å²) < 4.78 is 16.0. The van der Waals surface area contributed by atoms with Crippen LogP contribution in [-0.4, -0.2) is 56.3 Å². The van der Waals surface area contributed by atoms with Crippen molar-refractivity contribution in [1.29, 1.82) is 0 Å². The summed E-state index contributed by atoms with van der Waals surface area (Å²) in [5.41, 5.74) is 3.03. The molecule has 2 unspecified atom stereocenters. The van der Waals surface area contributed by atoms with Crippen LogP contribution < -0.4 is 10.6 Å². The molecule has 1 aliphatic carbocycles. The van der Waals surface area contributed by atoms with Gasteiger partial charge in [-0.1, -0.05) is 0 Å². The first-order chi connectivity index (χ1) is 15.5. The van der Waals surface area contributed by atoms with Gasteiger partial charge in [0.1, 0.15) is 5.82 Å². The van der Waals surface area contributed by atoms with Crippen LogP contribution in [0.15, 0.2) is 35.4 Å². The van der Waals surface area contributed by atoms with E-state index in [0.29, 0.717) is 36.1 Å². The lowest BCUT2D eigenvalue weighted by Gasteiger charge is -2.32. The fourth-order valence-corrected chi connectivity index (χ4v) is 5.26. The Bertz CT molecular complexity index is 1280. The maximum atomic E-state index is 13.1. The van der Waals surface area contributed by atoms with E-state index in [1.807, 2.05) is 18.2 Å². The minimum atomic E-state index is -0.377. The molecule has 3 aromatic heterocycles. The van der Waals surface area contributed by atoms with E-state index in [-0.39, 0.29) is 24.2 Å². The molecule has 6 rings (SSSR count). The van der Waals surface area contributed by atoms with Crippen molar-refractivity contribution in [2.45, 2.75) is 25.2 Å². The van der Waals surface area contributed by atoms with Gasteiger partial charge in [-0.05, 0) is 48.8 Å². The van der Waals surface area contributed by atoms with Crippen LogP contribution in [0.5, 0.6) is 0 Å². The SMILES string of the molecule is Cn1nc2cc(N3CC4CC4c4cc(C(=O)N5CCC[C@H](CF)C5)cnc43)ccn2c1=O. The summed E-state index contributed by atoms with van der Waals surface area (Å²) in [6, 6.07) is 5.80. The van der Waals surface area contributed by atoms with Gasteiger partial charge in [-0.2, -0.15) is 5.10 Å². The number of halogens is 1. The van der Waals surface area contributed by atoms with Crippen LogP contribution in [0.25, 0.3) is 5.65 Å². The first-order valence-corrected chi connectivity index (χ1v) is 11.2. The molecule has 2 fully saturated rings. The Morgan fingerprint density at radius 3 is 3.00 bits per heavy atom. The molecule has 2 aliphatic heterocycles. The molecule has 1 saturated carbocycles. The second-order valence-electron chi connectivity index (χ2n) is 9.28. The van der Waals surface area contributed by atoms with E-state index in [1.165, 1.54) is 9.08 Å². The lowest BCUT2D eigenvalue weighted by Crippen LogP contribution is -2.40. The molecule has 0 spiro atoms. The summed E-state index contributed by atoms with van der Waals surface area (Å²) in [5, 5.41) is 4.30. The number of carbonyl (C=O) groups excluding carboxylic acids is 1. The average Bonchev–Trinajstić information content (AvgIpc) is 3.56. The van der Waals surface area contributed by atoms with Crippen LogP contribution in [0, 0.1) is 11.8 Å². The Morgan fingerprint density at radius 2 is 2.16 bits per heavy atom. The summed E-state index contributed by atoms with van der Waals surface area (Å²) in [6.07, 6.45) is 6.17. The zero-order valence-electron chi connectivity index (χ0n) is 17.9. The number of fused-ring (bicyclic) bond motifs is 4. The van der Waals surface area contributed by atoms with Gasteiger partial charge in [-0.15, -0.1) is 0 Å². The van der Waals surface area contributed by atoms with Crippen LogP contribution in [-0.2, 0) is 7.05 Å². The molecule has 0 aromatic carbocycles. The molecule has 8 nitrogen and oxygen atoms in total. The molecule has 3 aromatic rings. The monoisotopic (exact) mass is 436 g/mol. The number of nitrogens with zero attached hydrogens (tertiary/aromatic N) is 6. The highest BCUT2D eigenvalue weighted by atomic mass is 19.1. The molecule has 5 heterocycles. The predicted octanol–water partition coefficient (Wildman–Crippen LogP) is 2.50. The maximum absolute atomic E-state index is 13.1. The Kier molecular flexibility index (Phi) is 4.34. The fourth-order valence-electron chi connectivity index (χ4n) is 5.26. The topological polar surface area (TPSA) is 75.7 Å². The number of pyridine rings is 2. The highest BCUT2D eigenvalue weighted by molar-refractivity contribution is 5.94. The largest absolute Gasteiger partial charge is 0.350 e. The van der Waals surface area contributed by atoms with Crippen molar-refractivity contribution < 1.29 is 9.18 Å². The van der Waals surface area contributed by atoms with Gasteiger partial charge in [0.05, 0.1) is 12.2 Å². The number of anilines is 2. The molecule has 0 bridgehead atoms. The van der Waals surface area contributed by atoms with Crippen LogP contribution >= 0.6 is 0 Å². The van der Waals surface area contributed by atoms with Crippen LogP contribution in [0.2, 0.25) is 0 Å². The number of amides is 1. The number of aromatic nitrogens is 4. The Hall–Kier alpha value is -3.23. The summed E-state index contributed by atoms with van der Waals surface area (Å²) in [6.45, 7) is 1.63. The Morgan fingerprint density at radius 1 is 1.28 bits per heavy atom. The lowest BCUT2D eigenvalue weighted by atomic mass is 9.98. The molecule has 1 saturated heterocycles. The van der Waals surface area contributed by atoms with Gasteiger partial charge in [0.25, 0.3) is 5.91 Å². The van der Waals surface area contributed by atoms with E-state index in [4.69, 9.17) is 4.98 Å². The molecule has 0 radical (unpaired) electrons. The van der Waals surface area contributed by atoms with Gasteiger partial charge < -0.3 is 9.80 Å². The lowest BCUT2D eigenvalue weighted by molar-refractivity contribution is 0.0656. The molecular weight excluding hydrogens is 411 g/mol. The predicted molar refractivity (Wildman–Crippen MR) is 117 cm³/mol. The highest BCUT2D eigenvalue weighted by Gasteiger charge is 2.46. The summed E-state index contributed by atoms with van der Waals surface area (Å²) in [4.78, 5) is 33.9. The van der Waals surface area contributed by atoms with E-state index >= 15 is 0 Å². The zero-order valence-corrected chi connectivity index (χ0v) is 17.9. The third kappa shape index (κ3) is 3.02. The van der Waals surface area contributed by atoms with Crippen molar-refractivity contribution in [3.63, 3.8) is 0 Å². The van der Waals surface area contributed by atoms with E-state index in [0.717, 1.165) is 42.9 Å². The molecule has 3 aliphatic rings. The summed E-state index contributed by atoms with van der Waals surface area (Å²) in [5.74, 6) is 1.71. The second kappa shape index (κ2) is 7.15. The van der Waals surface area contributed by atoms with E-state index < -0.39 is 0 Å². The molecule has 166 valence electrons. The van der Waals surface area contributed by atoms with E-state index in [1.54, 1.807) is 24.3 Å². The number of piperidine rings is 1. The van der Waals surface area contributed by atoms with Gasteiger partial charge >= 0.3 is 5.69 Å². The van der Waals surface area contributed by atoms with E-state index in [9.17, 15) is 14.0 Å². The number of likely N-dealkylation sites (tertiary alicyclic amines) is 1. The van der Waals surface area contributed by atoms with Gasteiger partial charge in [0.2, 0.25) is 0 Å². The van der Waals surface area contributed by atoms with Gasteiger partial charge in [-0.3, -0.25) is 13.6 Å². The van der Waals surface area contributed by atoms with Gasteiger partial charge in [0, 0.05) is 56.7 Å². The van der Waals surface area contributed by atoms with Crippen LogP contribution in [0.1, 0.15) is 41.1 Å². The van der Waals surface area contributed by atoms with Crippen molar-refractivity contribution >= 4 is 23.1 Å². The summed E-state index contributed by atoms with van der Waals surface area (Å²) >= 11 is 0. The molecule has 0 N–H and O–H groups in total. The smallest absolute Gasteiger partial charge is 0.338 e. The second-order valence-corrected chi connectivity index (χ2v) is 9.28. The zero-order chi connectivity index (χ0) is 22.0. The number of hydrogen-bond donors (Lipinski definition) is 0. The summed E-state index contributed by atoms with van der Waals surface area (Å²) in [7, 11) is 1.64. The molecule has 9 heteroatoms. The number of aryl methyl sites for hydroxylation is 1. The first-order valence-electron chi connectivity index (χ1n) is 11.2. The fraction of sp³-hybridized carbons (Fsp3) is 0.478. The highest BCUT2D eigenvalue weighted by Crippen LogP contribution is 2.55. The number of rotatable bonds is 3. The molecule has 3 atom stereocenters. The normalized spacial score (nSPS) is 24.4. The molecular formula is C23H25FN6O2. The number of hydrogen-bond acceptors (Lipinski definition) is 5. The quantitative estimate of drug-likeness (QED) is 0.631. The van der Waals surface area contributed by atoms with Gasteiger partial charge in [0.15, 0.2) is 5.65 Å². The van der Waals surface area contributed by atoms with Crippen molar-refractivity contribution in [3.8, 4) is 0 Å². The van der Waals surface area contributed by atoms with Crippen molar-refractivity contribution in [2.75, 3.05) is 31.2 Å². The minimum Gasteiger partial charge on any atom is -0.338 e. The molecule has 32 heavy (non-hydrogen) atoms. The van der Waals surface area contributed by atoms with Crippen LogP contribution in [0.3, 0.4) is 0 Å². The van der Waals surface area contributed by atoms with Crippen molar-refractivity contribution in [1.82, 2.24) is 24.1 Å². The Labute approximate surface area is 184 Å². The Balaban J connectivity index is 1.34. The maximum Gasteiger partial charge on any atom is 0.350 e. The third-order valence-corrected chi connectivity index (χ3v) is 7.13. The van der Waals surface area contributed by atoms with Gasteiger partial charge in [-0.25, -0.2) is 14.5 Å². The van der Waals surface area contributed by atoms with E-state index in [2.05, 4.69) is 10.00 Å². The molecule has 1 amide bonds.